The van der Waals surface area contributed by atoms with Crippen molar-refractivity contribution in [1.29, 1.82) is 0 Å². The third-order valence-electron chi connectivity index (χ3n) is 5.61. The fourth-order valence-electron chi connectivity index (χ4n) is 4.34. The second kappa shape index (κ2) is 8.26. The van der Waals surface area contributed by atoms with Crippen LogP contribution in [-0.4, -0.2) is 71.2 Å². The van der Waals surface area contributed by atoms with Gasteiger partial charge < -0.3 is 19.3 Å². The lowest BCUT2D eigenvalue weighted by molar-refractivity contribution is -0.144. The molecule has 2 saturated heterocycles. The van der Waals surface area contributed by atoms with E-state index in [1.54, 1.807) is 13.8 Å². The Morgan fingerprint density at radius 3 is 1.42 bits per heavy atom. The summed E-state index contributed by atoms with van der Waals surface area (Å²) in [5.41, 5.74) is -0.413. The highest BCUT2D eigenvalue weighted by molar-refractivity contribution is 5.75. The molecule has 0 spiro atoms. The second-order valence-electron chi connectivity index (χ2n) is 8.93. The molecule has 26 heavy (non-hydrogen) atoms. The summed E-state index contributed by atoms with van der Waals surface area (Å²) in [6, 6.07) is 0.354. The molecule has 0 unspecified atom stereocenters. The molecule has 2 atom stereocenters. The van der Waals surface area contributed by atoms with Crippen LogP contribution in [0.1, 0.15) is 67.2 Å². The number of carbonyl (C=O) groups excluding carboxylic acids is 2. The molecular weight excluding hydrogens is 332 g/mol. The molecule has 0 aliphatic carbocycles. The quantitative estimate of drug-likeness (QED) is 0.748. The van der Waals surface area contributed by atoms with Crippen LogP contribution in [0.15, 0.2) is 0 Å². The minimum absolute atomic E-state index is 0.0727. The van der Waals surface area contributed by atoms with Crippen LogP contribution in [-0.2, 0) is 19.1 Å². The molecule has 2 aliphatic rings. The van der Waals surface area contributed by atoms with Gasteiger partial charge in [0, 0.05) is 52.2 Å². The Balaban J connectivity index is 2.03. The number of hydrogen-bond acceptors (Lipinski definition) is 4. The van der Waals surface area contributed by atoms with Gasteiger partial charge in [-0.2, -0.15) is 0 Å². The van der Waals surface area contributed by atoms with E-state index in [0.717, 1.165) is 25.7 Å². The largest absolute Gasteiger partial charge is 0.375 e. The third kappa shape index (κ3) is 5.68. The molecule has 2 rings (SSSR count). The average Bonchev–Trinajstić information content (AvgIpc) is 2.48. The first kappa shape index (κ1) is 21.2. The molecule has 0 N–H and O–H groups in total. The lowest BCUT2D eigenvalue weighted by Gasteiger charge is -2.44. The lowest BCUT2D eigenvalue weighted by Crippen LogP contribution is -2.53. The highest BCUT2D eigenvalue weighted by Crippen LogP contribution is 2.29. The number of carbonyl (C=O) groups is 2. The van der Waals surface area contributed by atoms with E-state index >= 15 is 0 Å². The van der Waals surface area contributed by atoms with Crippen LogP contribution in [0.3, 0.4) is 0 Å². The van der Waals surface area contributed by atoms with Crippen molar-refractivity contribution in [1.82, 2.24) is 9.80 Å². The Morgan fingerprint density at radius 1 is 0.808 bits per heavy atom. The molecule has 6 nitrogen and oxygen atoms in total. The molecule has 0 aromatic rings. The van der Waals surface area contributed by atoms with Crippen molar-refractivity contribution >= 4 is 11.8 Å². The van der Waals surface area contributed by atoms with E-state index in [1.807, 2.05) is 9.80 Å². The molecule has 0 aromatic carbocycles. The first-order valence-electron chi connectivity index (χ1n) is 9.83. The molecule has 6 heteroatoms. The van der Waals surface area contributed by atoms with Crippen molar-refractivity contribution in [2.75, 3.05) is 26.3 Å². The highest BCUT2D eigenvalue weighted by Gasteiger charge is 2.36. The molecule has 2 fully saturated rings. The van der Waals surface area contributed by atoms with Crippen molar-refractivity contribution in [3.05, 3.63) is 0 Å². The molecule has 150 valence electrons. The SMILES string of the molecule is CC(=O)N(CCN(C(C)=O)[C@@H]1CCOC(C)(C)C1)[C@@H]1CCOC(C)(C)C1. The van der Waals surface area contributed by atoms with Gasteiger partial charge >= 0.3 is 0 Å². The molecule has 2 heterocycles. The van der Waals surface area contributed by atoms with Crippen LogP contribution in [0.5, 0.6) is 0 Å². The van der Waals surface area contributed by atoms with E-state index in [9.17, 15) is 9.59 Å². The van der Waals surface area contributed by atoms with Gasteiger partial charge in [-0.15, -0.1) is 0 Å². The van der Waals surface area contributed by atoms with Crippen LogP contribution >= 0.6 is 0 Å². The number of rotatable bonds is 5. The number of nitrogens with zero attached hydrogens (tertiary/aromatic N) is 2. The number of amides is 2. The zero-order valence-corrected chi connectivity index (χ0v) is 17.3. The lowest BCUT2D eigenvalue weighted by atomic mass is 9.92. The van der Waals surface area contributed by atoms with Gasteiger partial charge in [0.25, 0.3) is 0 Å². The molecular formula is C20H36N2O4. The topological polar surface area (TPSA) is 59.1 Å². The first-order chi connectivity index (χ1) is 12.0. The minimum Gasteiger partial charge on any atom is -0.375 e. The number of hydrogen-bond donors (Lipinski definition) is 0. The van der Waals surface area contributed by atoms with E-state index in [-0.39, 0.29) is 35.1 Å². The Labute approximate surface area is 158 Å². The Bertz CT molecular complexity index is 472. The molecule has 0 aromatic heterocycles. The average molecular weight is 369 g/mol. The summed E-state index contributed by atoms with van der Waals surface area (Å²) in [6.07, 6.45) is 3.37. The standard InChI is InChI=1S/C20H36N2O4/c1-15(23)21(17-7-11-25-19(3,4)13-17)9-10-22(16(2)24)18-8-12-26-20(5,6)14-18/h17-18H,7-14H2,1-6H3/t17-,18-/m1/s1. The Morgan fingerprint density at radius 2 is 1.15 bits per heavy atom. The van der Waals surface area contributed by atoms with E-state index in [1.165, 1.54) is 0 Å². The summed E-state index contributed by atoms with van der Waals surface area (Å²) in [4.78, 5) is 28.4. The zero-order chi connectivity index (χ0) is 19.5. The molecule has 0 saturated carbocycles. The zero-order valence-electron chi connectivity index (χ0n) is 17.3. The maximum absolute atomic E-state index is 12.3. The van der Waals surface area contributed by atoms with Crippen molar-refractivity contribution < 1.29 is 19.1 Å². The summed E-state index contributed by atoms with van der Waals surface area (Å²) in [7, 11) is 0. The van der Waals surface area contributed by atoms with E-state index in [0.29, 0.717) is 26.3 Å². The summed E-state index contributed by atoms with van der Waals surface area (Å²) < 4.78 is 11.6. The fraction of sp³-hybridized carbons (Fsp3) is 0.900. The summed E-state index contributed by atoms with van der Waals surface area (Å²) in [5.74, 6) is 0.145. The van der Waals surface area contributed by atoms with Gasteiger partial charge in [-0.05, 0) is 53.4 Å². The Hall–Kier alpha value is -1.14. The van der Waals surface area contributed by atoms with E-state index < -0.39 is 0 Å². The Kier molecular flexibility index (Phi) is 6.72. The van der Waals surface area contributed by atoms with Gasteiger partial charge in [0.2, 0.25) is 11.8 Å². The van der Waals surface area contributed by atoms with Crippen molar-refractivity contribution in [2.24, 2.45) is 0 Å². The highest BCUT2D eigenvalue weighted by atomic mass is 16.5. The van der Waals surface area contributed by atoms with E-state index in [4.69, 9.17) is 9.47 Å². The maximum atomic E-state index is 12.3. The van der Waals surface area contributed by atoms with Crippen LogP contribution in [0, 0.1) is 0 Å². The van der Waals surface area contributed by atoms with Crippen molar-refractivity contribution in [3.8, 4) is 0 Å². The minimum atomic E-state index is -0.207. The van der Waals surface area contributed by atoms with Crippen LogP contribution in [0.2, 0.25) is 0 Å². The normalized spacial score (nSPS) is 27.6. The van der Waals surface area contributed by atoms with Gasteiger partial charge in [-0.25, -0.2) is 0 Å². The summed E-state index contributed by atoms with van der Waals surface area (Å²) in [6.45, 7) is 14.0. The predicted octanol–water partition coefficient (Wildman–Crippen LogP) is 2.60. The van der Waals surface area contributed by atoms with Gasteiger partial charge in [0.1, 0.15) is 0 Å². The van der Waals surface area contributed by atoms with Crippen molar-refractivity contribution in [2.45, 2.75) is 90.5 Å². The predicted molar refractivity (Wildman–Crippen MR) is 101 cm³/mol. The summed E-state index contributed by atoms with van der Waals surface area (Å²) >= 11 is 0. The second-order valence-corrected chi connectivity index (χ2v) is 8.93. The monoisotopic (exact) mass is 368 g/mol. The molecule has 0 bridgehead atoms. The molecule has 2 amide bonds. The van der Waals surface area contributed by atoms with Crippen molar-refractivity contribution in [3.63, 3.8) is 0 Å². The maximum Gasteiger partial charge on any atom is 0.219 e. The smallest absolute Gasteiger partial charge is 0.219 e. The van der Waals surface area contributed by atoms with Crippen LogP contribution in [0.25, 0.3) is 0 Å². The van der Waals surface area contributed by atoms with Gasteiger partial charge in [0.05, 0.1) is 11.2 Å². The molecule has 2 aliphatic heterocycles. The fourth-order valence-corrected chi connectivity index (χ4v) is 4.34. The molecule has 0 radical (unpaired) electrons. The summed E-state index contributed by atoms with van der Waals surface area (Å²) in [5, 5.41) is 0. The van der Waals surface area contributed by atoms with Gasteiger partial charge in [0.15, 0.2) is 0 Å². The van der Waals surface area contributed by atoms with E-state index in [2.05, 4.69) is 27.7 Å². The van der Waals surface area contributed by atoms with Gasteiger partial charge in [-0.1, -0.05) is 0 Å². The number of ether oxygens (including phenoxy) is 2. The van der Waals surface area contributed by atoms with Crippen LogP contribution < -0.4 is 0 Å². The first-order valence-corrected chi connectivity index (χ1v) is 9.83. The third-order valence-corrected chi connectivity index (χ3v) is 5.61. The van der Waals surface area contributed by atoms with Crippen LogP contribution in [0.4, 0.5) is 0 Å². The van der Waals surface area contributed by atoms with Gasteiger partial charge in [-0.3, -0.25) is 9.59 Å².